The molecule has 0 bridgehead atoms. The number of anilines is 1. The zero-order chi connectivity index (χ0) is 23.2. The van der Waals surface area contributed by atoms with Crippen molar-refractivity contribution in [3.05, 3.63) is 58.4 Å². The van der Waals surface area contributed by atoms with Crippen molar-refractivity contribution >= 4 is 16.9 Å². The zero-order valence-electron chi connectivity index (χ0n) is 19.8. The molecule has 4 aromatic heterocycles. The summed E-state index contributed by atoms with van der Waals surface area (Å²) in [4.78, 5) is 24.6. The average molecular weight is 446 g/mol. The topological polar surface area (TPSA) is 79.8 Å². The highest BCUT2D eigenvalue weighted by Gasteiger charge is 2.29. The number of nitrogens with one attached hydrogen (secondary N) is 1. The fourth-order valence-electron chi connectivity index (χ4n) is 4.69. The van der Waals surface area contributed by atoms with Crippen LogP contribution >= 0.6 is 0 Å². The molecule has 8 nitrogen and oxygen atoms in total. The fraction of sp³-hybridized carbons (Fsp3) is 0.440. The van der Waals surface area contributed by atoms with Gasteiger partial charge in [-0.3, -0.25) is 14.2 Å². The minimum atomic E-state index is -0.105. The first kappa shape index (κ1) is 21.6. The largest absolute Gasteiger partial charge is 0.370 e. The molecule has 172 valence electrons. The van der Waals surface area contributed by atoms with Gasteiger partial charge in [-0.05, 0) is 64.8 Å². The van der Waals surface area contributed by atoms with Crippen LogP contribution in [0.1, 0.15) is 44.5 Å². The number of hydrogen-bond acceptors (Lipinski definition) is 6. The van der Waals surface area contributed by atoms with Crippen molar-refractivity contribution in [2.75, 3.05) is 24.5 Å². The van der Waals surface area contributed by atoms with E-state index in [0.29, 0.717) is 17.0 Å². The van der Waals surface area contributed by atoms with Crippen LogP contribution in [0, 0.1) is 13.8 Å². The third-order valence-corrected chi connectivity index (χ3v) is 6.70. The third-order valence-electron chi connectivity index (χ3n) is 6.70. The first-order valence-electron chi connectivity index (χ1n) is 11.7. The highest BCUT2D eigenvalue weighted by molar-refractivity contribution is 5.66. The number of fused-ring (bicyclic) bond motifs is 2. The molecule has 1 saturated heterocycles. The summed E-state index contributed by atoms with van der Waals surface area (Å²) in [5.41, 5.74) is 5.72. The van der Waals surface area contributed by atoms with Gasteiger partial charge in [-0.15, -0.1) is 0 Å². The van der Waals surface area contributed by atoms with Gasteiger partial charge in [0, 0.05) is 30.9 Å². The second kappa shape index (κ2) is 8.26. The van der Waals surface area contributed by atoms with Crippen molar-refractivity contribution in [3.8, 4) is 11.4 Å². The third kappa shape index (κ3) is 4.11. The maximum Gasteiger partial charge on any atom is 0.258 e. The lowest BCUT2D eigenvalue weighted by Crippen LogP contribution is -2.51. The second-order valence-electron chi connectivity index (χ2n) is 9.40. The number of pyridine rings is 1. The molecule has 1 aliphatic rings. The van der Waals surface area contributed by atoms with Crippen LogP contribution in [-0.2, 0) is 0 Å². The minimum absolute atomic E-state index is 0.105. The lowest BCUT2D eigenvalue weighted by Gasteiger charge is -2.41. The normalized spacial score (nSPS) is 16.1. The molecule has 0 aliphatic carbocycles. The summed E-state index contributed by atoms with van der Waals surface area (Å²) in [7, 11) is 0. The fourth-order valence-corrected chi connectivity index (χ4v) is 4.69. The second-order valence-corrected chi connectivity index (χ2v) is 9.40. The summed E-state index contributed by atoms with van der Waals surface area (Å²) >= 11 is 0. The zero-order valence-corrected chi connectivity index (χ0v) is 19.8. The first-order valence-corrected chi connectivity index (χ1v) is 11.7. The summed E-state index contributed by atoms with van der Waals surface area (Å²) in [6.45, 7) is 11.4. The molecule has 4 aromatic rings. The number of aromatic nitrogens is 5. The molecule has 0 saturated carbocycles. The van der Waals surface area contributed by atoms with Crippen molar-refractivity contribution in [3.63, 3.8) is 0 Å². The van der Waals surface area contributed by atoms with Gasteiger partial charge in [0.1, 0.15) is 11.3 Å². The van der Waals surface area contributed by atoms with Gasteiger partial charge in [-0.2, -0.15) is 5.10 Å². The number of hydrogen-bond donors (Lipinski definition) is 1. The predicted molar refractivity (Wildman–Crippen MR) is 131 cm³/mol. The molecule has 0 amide bonds. The van der Waals surface area contributed by atoms with E-state index in [1.807, 2.05) is 38.4 Å². The Kier molecular flexibility index (Phi) is 5.40. The summed E-state index contributed by atoms with van der Waals surface area (Å²) in [6.07, 6.45) is 7.11. The first-order chi connectivity index (χ1) is 15.8. The van der Waals surface area contributed by atoms with Crippen molar-refractivity contribution in [1.82, 2.24) is 29.3 Å². The van der Waals surface area contributed by atoms with Crippen LogP contribution in [0.25, 0.3) is 22.6 Å². The molecule has 0 unspecified atom stereocenters. The molecule has 33 heavy (non-hydrogen) atoms. The summed E-state index contributed by atoms with van der Waals surface area (Å²) in [5, 5.41) is 8.32. The molecule has 0 radical (unpaired) electrons. The van der Waals surface area contributed by atoms with Crippen LogP contribution in [0.4, 0.5) is 5.69 Å². The van der Waals surface area contributed by atoms with Gasteiger partial charge < -0.3 is 10.2 Å². The quantitative estimate of drug-likeness (QED) is 0.507. The van der Waals surface area contributed by atoms with Gasteiger partial charge in [0.05, 0.1) is 34.5 Å². The molecule has 1 aliphatic heterocycles. The van der Waals surface area contributed by atoms with Crippen LogP contribution in [0.15, 0.2) is 41.5 Å². The van der Waals surface area contributed by atoms with Crippen LogP contribution in [0.2, 0.25) is 0 Å². The van der Waals surface area contributed by atoms with Crippen molar-refractivity contribution in [2.45, 2.75) is 52.5 Å². The average Bonchev–Trinajstić information content (AvgIpc) is 3.23. The van der Waals surface area contributed by atoms with E-state index in [0.717, 1.165) is 61.5 Å². The van der Waals surface area contributed by atoms with E-state index in [1.54, 1.807) is 15.0 Å². The molecule has 5 heterocycles. The molecular weight excluding hydrogens is 414 g/mol. The predicted octanol–water partition coefficient (Wildman–Crippen LogP) is 3.38. The van der Waals surface area contributed by atoms with Gasteiger partial charge in [0.2, 0.25) is 0 Å². The Balaban J connectivity index is 1.43. The minimum Gasteiger partial charge on any atom is -0.370 e. The maximum atomic E-state index is 13.0. The SMILES string of the molecule is CCCNC1(C)CCN(c2ccc3nc(-c4cc5c(C)nc(C)cn5n4)cc(=O)n3c2)CC1. The Morgan fingerprint density at radius 1 is 1.06 bits per heavy atom. The van der Waals surface area contributed by atoms with E-state index in [4.69, 9.17) is 4.98 Å². The lowest BCUT2D eigenvalue weighted by atomic mass is 9.89. The van der Waals surface area contributed by atoms with E-state index in [1.165, 1.54) is 0 Å². The number of aryl methyl sites for hydroxylation is 2. The Morgan fingerprint density at radius 3 is 2.61 bits per heavy atom. The van der Waals surface area contributed by atoms with Gasteiger partial charge >= 0.3 is 0 Å². The van der Waals surface area contributed by atoms with Gasteiger partial charge in [-0.1, -0.05) is 6.92 Å². The Morgan fingerprint density at radius 2 is 1.85 bits per heavy atom. The summed E-state index contributed by atoms with van der Waals surface area (Å²) < 4.78 is 3.44. The van der Waals surface area contributed by atoms with Crippen LogP contribution in [0.3, 0.4) is 0 Å². The Hall–Kier alpha value is -3.26. The Bertz CT molecular complexity index is 1380. The number of rotatable bonds is 5. The standard InChI is InChI=1S/C25H31N7O/c1-5-10-26-25(4)8-11-30(12-9-25)19-6-7-23-28-20(14-24(33)31(23)16-19)21-13-22-18(3)27-17(2)15-32(22)29-21/h6-7,13-16,26H,5,8-12H2,1-4H3. The molecule has 8 heteroatoms. The number of nitrogens with zero attached hydrogens (tertiary/aromatic N) is 6. The Labute approximate surface area is 193 Å². The number of piperidine rings is 1. The van der Waals surface area contributed by atoms with E-state index in [-0.39, 0.29) is 11.1 Å². The van der Waals surface area contributed by atoms with Crippen LogP contribution < -0.4 is 15.8 Å². The summed E-state index contributed by atoms with van der Waals surface area (Å²) in [5.74, 6) is 0. The molecule has 5 rings (SSSR count). The van der Waals surface area contributed by atoms with E-state index >= 15 is 0 Å². The van der Waals surface area contributed by atoms with Crippen LogP contribution in [-0.4, -0.2) is 49.2 Å². The summed E-state index contributed by atoms with van der Waals surface area (Å²) in [6, 6.07) is 7.49. The van der Waals surface area contributed by atoms with Crippen molar-refractivity contribution in [2.24, 2.45) is 0 Å². The van der Waals surface area contributed by atoms with E-state index in [9.17, 15) is 4.79 Å². The highest BCUT2D eigenvalue weighted by Crippen LogP contribution is 2.26. The van der Waals surface area contributed by atoms with E-state index in [2.05, 4.69) is 40.2 Å². The maximum absolute atomic E-state index is 13.0. The molecule has 0 aromatic carbocycles. The van der Waals surface area contributed by atoms with Crippen molar-refractivity contribution in [1.29, 1.82) is 0 Å². The molecular formula is C25H31N7O. The van der Waals surface area contributed by atoms with Gasteiger partial charge in [0.25, 0.3) is 5.56 Å². The van der Waals surface area contributed by atoms with Gasteiger partial charge in [-0.25, -0.2) is 9.50 Å². The van der Waals surface area contributed by atoms with Crippen molar-refractivity contribution < 1.29 is 0 Å². The smallest absolute Gasteiger partial charge is 0.258 e. The monoisotopic (exact) mass is 445 g/mol. The highest BCUT2D eigenvalue weighted by atomic mass is 16.1. The lowest BCUT2D eigenvalue weighted by molar-refractivity contribution is 0.285. The van der Waals surface area contributed by atoms with E-state index < -0.39 is 0 Å². The molecule has 1 N–H and O–H groups in total. The molecule has 1 fully saturated rings. The van der Waals surface area contributed by atoms with Crippen LogP contribution in [0.5, 0.6) is 0 Å². The van der Waals surface area contributed by atoms with Gasteiger partial charge in [0.15, 0.2) is 0 Å². The molecule has 0 spiro atoms. The molecule has 0 atom stereocenters.